The van der Waals surface area contributed by atoms with Crippen molar-refractivity contribution in [3.05, 3.63) is 53.1 Å². The maximum atomic E-state index is 13.3. The van der Waals surface area contributed by atoms with Crippen LogP contribution in [0.1, 0.15) is 11.6 Å². The Bertz CT molecular complexity index is 889. The molecule has 1 N–H and O–H groups in total. The van der Waals surface area contributed by atoms with Crippen LogP contribution in [0.25, 0.3) is 0 Å². The highest BCUT2D eigenvalue weighted by molar-refractivity contribution is 7.89. The highest BCUT2D eigenvalue weighted by Crippen LogP contribution is 2.35. The van der Waals surface area contributed by atoms with Crippen LogP contribution in [-0.4, -0.2) is 46.6 Å². The van der Waals surface area contributed by atoms with Gasteiger partial charge in [0.05, 0.1) is 30.2 Å². The van der Waals surface area contributed by atoms with E-state index in [9.17, 15) is 8.42 Å². The summed E-state index contributed by atoms with van der Waals surface area (Å²) in [5.41, 5.74) is 0.824. The zero-order chi connectivity index (χ0) is 18.7. The minimum atomic E-state index is -3.73. The van der Waals surface area contributed by atoms with E-state index in [0.717, 1.165) is 5.56 Å². The molecule has 1 aliphatic heterocycles. The molecule has 6 nitrogen and oxygen atoms in total. The summed E-state index contributed by atoms with van der Waals surface area (Å²) in [5.74, 6) is 1.10. The Hall–Kier alpha value is -1.80. The molecule has 140 valence electrons. The van der Waals surface area contributed by atoms with E-state index >= 15 is 0 Å². The second-order valence-electron chi connectivity index (χ2n) is 5.87. The first-order chi connectivity index (χ1) is 12.5. The Labute approximate surface area is 158 Å². The van der Waals surface area contributed by atoms with Gasteiger partial charge in [0.2, 0.25) is 10.0 Å². The molecule has 0 aliphatic carbocycles. The predicted molar refractivity (Wildman–Crippen MR) is 101 cm³/mol. The molecule has 1 unspecified atom stereocenters. The number of piperazine rings is 1. The fourth-order valence-corrected chi connectivity index (χ4v) is 5.08. The van der Waals surface area contributed by atoms with E-state index in [4.69, 9.17) is 21.1 Å². The topological polar surface area (TPSA) is 67.9 Å². The molecule has 0 aromatic heterocycles. The van der Waals surface area contributed by atoms with E-state index in [1.165, 1.54) is 23.5 Å². The lowest BCUT2D eigenvalue weighted by atomic mass is 10.0. The molecule has 0 radical (unpaired) electrons. The van der Waals surface area contributed by atoms with Crippen molar-refractivity contribution in [1.29, 1.82) is 0 Å². The van der Waals surface area contributed by atoms with Crippen molar-refractivity contribution in [2.75, 3.05) is 33.9 Å². The number of para-hydroxylation sites is 1. The van der Waals surface area contributed by atoms with E-state index < -0.39 is 10.0 Å². The number of methoxy groups -OCH3 is 2. The van der Waals surface area contributed by atoms with Gasteiger partial charge in [-0.25, -0.2) is 8.42 Å². The van der Waals surface area contributed by atoms with Crippen LogP contribution in [0.4, 0.5) is 0 Å². The summed E-state index contributed by atoms with van der Waals surface area (Å²) in [6.07, 6.45) is 0. The van der Waals surface area contributed by atoms with Gasteiger partial charge in [-0.3, -0.25) is 0 Å². The molecule has 8 heteroatoms. The van der Waals surface area contributed by atoms with Crippen molar-refractivity contribution in [1.82, 2.24) is 9.62 Å². The lowest BCUT2D eigenvalue weighted by Crippen LogP contribution is -2.48. The lowest BCUT2D eigenvalue weighted by Gasteiger charge is -2.36. The number of hydrogen-bond acceptors (Lipinski definition) is 5. The third-order valence-corrected chi connectivity index (χ3v) is 6.62. The quantitative estimate of drug-likeness (QED) is 0.841. The Morgan fingerprint density at radius 3 is 2.54 bits per heavy atom. The van der Waals surface area contributed by atoms with Gasteiger partial charge in [0, 0.05) is 25.2 Å². The van der Waals surface area contributed by atoms with Gasteiger partial charge in [-0.05, 0) is 24.3 Å². The van der Waals surface area contributed by atoms with E-state index in [2.05, 4.69) is 5.32 Å². The van der Waals surface area contributed by atoms with Crippen LogP contribution in [0.2, 0.25) is 5.02 Å². The zero-order valence-electron chi connectivity index (χ0n) is 14.6. The number of ether oxygens (including phenoxy) is 2. The Balaban J connectivity index is 2.02. The van der Waals surface area contributed by atoms with Gasteiger partial charge in [0.25, 0.3) is 0 Å². The summed E-state index contributed by atoms with van der Waals surface area (Å²) in [4.78, 5) is 0.144. The highest BCUT2D eigenvalue weighted by Gasteiger charge is 2.36. The largest absolute Gasteiger partial charge is 0.496 e. The summed E-state index contributed by atoms with van der Waals surface area (Å²) in [5, 5.41) is 3.52. The molecule has 1 heterocycles. The van der Waals surface area contributed by atoms with Crippen LogP contribution in [-0.2, 0) is 10.0 Å². The van der Waals surface area contributed by atoms with Crippen LogP contribution >= 0.6 is 11.6 Å². The van der Waals surface area contributed by atoms with Crippen molar-refractivity contribution in [3.8, 4) is 11.5 Å². The third-order valence-electron chi connectivity index (χ3n) is 4.42. The summed E-state index contributed by atoms with van der Waals surface area (Å²) in [6, 6.07) is 11.6. The molecule has 1 saturated heterocycles. The van der Waals surface area contributed by atoms with Gasteiger partial charge in [-0.15, -0.1) is 0 Å². The van der Waals surface area contributed by atoms with E-state index in [-0.39, 0.29) is 16.0 Å². The second-order valence-corrected chi connectivity index (χ2v) is 8.17. The average Bonchev–Trinajstić information content (AvgIpc) is 2.67. The first kappa shape index (κ1) is 19.0. The molecule has 2 aromatic carbocycles. The predicted octanol–water partition coefficient (Wildman–Crippen LogP) is 2.69. The van der Waals surface area contributed by atoms with Gasteiger partial charge >= 0.3 is 0 Å². The number of rotatable bonds is 5. The molecule has 0 amide bonds. The minimum absolute atomic E-state index is 0.144. The minimum Gasteiger partial charge on any atom is -0.496 e. The van der Waals surface area contributed by atoms with Gasteiger partial charge < -0.3 is 14.8 Å². The molecule has 1 aliphatic rings. The smallest absolute Gasteiger partial charge is 0.243 e. The molecule has 0 saturated carbocycles. The number of sulfonamides is 1. The molecular weight excluding hydrogens is 376 g/mol. The maximum absolute atomic E-state index is 13.3. The fourth-order valence-electron chi connectivity index (χ4n) is 3.12. The van der Waals surface area contributed by atoms with Crippen molar-refractivity contribution in [2.45, 2.75) is 10.9 Å². The zero-order valence-corrected chi connectivity index (χ0v) is 16.2. The van der Waals surface area contributed by atoms with E-state index in [0.29, 0.717) is 31.1 Å². The first-order valence-corrected chi connectivity index (χ1v) is 10.00. The standard InChI is InChI=1S/C18H21ClN2O4S/c1-24-17-6-4-3-5-14(17)16-12-20-9-10-21(16)26(22,23)13-7-8-18(25-2)15(19)11-13/h3-8,11,16,20H,9-10,12H2,1-2H3. The molecule has 0 bridgehead atoms. The van der Waals surface area contributed by atoms with Crippen molar-refractivity contribution >= 4 is 21.6 Å². The molecule has 1 atom stereocenters. The Morgan fingerprint density at radius 1 is 1.12 bits per heavy atom. The molecule has 3 rings (SSSR count). The van der Waals surface area contributed by atoms with Crippen LogP contribution in [0.3, 0.4) is 0 Å². The molecule has 1 fully saturated rings. The lowest BCUT2D eigenvalue weighted by molar-refractivity contribution is 0.264. The number of nitrogens with zero attached hydrogens (tertiary/aromatic N) is 1. The number of nitrogens with one attached hydrogen (secondary N) is 1. The van der Waals surface area contributed by atoms with Crippen LogP contribution < -0.4 is 14.8 Å². The third kappa shape index (κ3) is 3.53. The van der Waals surface area contributed by atoms with Crippen LogP contribution in [0, 0.1) is 0 Å². The second kappa shape index (κ2) is 7.84. The Morgan fingerprint density at radius 2 is 1.85 bits per heavy atom. The van der Waals surface area contributed by atoms with Crippen molar-refractivity contribution < 1.29 is 17.9 Å². The van der Waals surface area contributed by atoms with Gasteiger partial charge in [0.15, 0.2) is 0 Å². The molecule has 26 heavy (non-hydrogen) atoms. The van der Waals surface area contributed by atoms with Crippen LogP contribution in [0.15, 0.2) is 47.4 Å². The SMILES string of the molecule is COc1ccc(S(=O)(=O)N2CCNCC2c2ccccc2OC)cc1Cl. The van der Waals surface area contributed by atoms with Crippen LogP contribution in [0.5, 0.6) is 11.5 Å². The van der Waals surface area contributed by atoms with E-state index in [1.807, 2.05) is 24.3 Å². The summed E-state index contributed by atoms with van der Waals surface area (Å²) >= 11 is 6.14. The highest BCUT2D eigenvalue weighted by atomic mass is 35.5. The Kier molecular flexibility index (Phi) is 5.72. The monoisotopic (exact) mass is 396 g/mol. The maximum Gasteiger partial charge on any atom is 0.243 e. The normalized spacial score (nSPS) is 18.5. The van der Waals surface area contributed by atoms with Gasteiger partial charge in [-0.2, -0.15) is 4.31 Å². The molecule has 0 spiro atoms. The summed E-state index contributed by atoms with van der Waals surface area (Å²) < 4.78 is 38.6. The molecular formula is C18H21ClN2O4S. The summed E-state index contributed by atoms with van der Waals surface area (Å²) in [6.45, 7) is 1.44. The number of hydrogen-bond donors (Lipinski definition) is 1. The number of benzene rings is 2. The number of halogens is 1. The van der Waals surface area contributed by atoms with Gasteiger partial charge in [0.1, 0.15) is 11.5 Å². The van der Waals surface area contributed by atoms with Crippen molar-refractivity contribution in [3.63, 3.8) is 0 Å². The summed E-state index contributed by atoms with van der Waals surface area (Å²) in [7, 11) is -0.664. The molecule has 2 aromatic rings. The van der Waals surface area contributed by atoms with E-state index in [1.54, 1.807) is 13.2 Å². The fraction of sp³-hybridized carbons (Fsp3) is 0.333. The van der Waals surface area contributed by atoms with Crippen molar-refractivity contribution in [2.24, 2.45) is 0 Å². The average molecular weight is 397 g/mol. The van der Waals surface area contributed by atoms with Gasteiger partial charge in [-0.1, -0.05) is 29.8 Å². The first-order valence-electron chi connectivity index (χ1n) is 8.18.